The summed E-state index contributed by atoms with van der Waals surface area (Å²) < 4.78 is 0. The van der Waals surface area contributed by atoms with Crippen molar-refractivity contribution in [2.24, 2.45) is 0 Å². The van der Waals surface area contributed by atoms with Crippen LogP contribution in [-0.2, 0) is 6.54 Å². The van der Waals surface area contributed by atoms with Crippen molar-refractivity contribution in [3.05, 3.63) is 138 Å². The minimum atomic E-state index is -0.695. The van der Waals surface area contributed by atoms with E-state index in [0.29, 0.717) is 12.1 Å². The number of aryl methyl sites for hydroxylation is 1. The van der Waals surface area contributed by atoms with Gasteiger partial charge in [0.2, 0.25) is 0 Å². The molecule has 0 fully saturated rings. The fourth-order valence-electron chi connectivity index (χ4n) is 4.05. The van der Waals surface area contributed by atoms with Crippen LogP contribution < -0.4 is 21.2 Å². The van der Waals surface area contributed by atoms with Gasteiger partial charge in [0.15, 0.2) is 0 Å². The van der Waals surface area contributed by atoms with Crippen molar-refractivity contribution in [1.29, 1.82) is 0 Å². The van der Waals surface area contributed by atoms with Crippen LogP contribution in [0.1, 0.15) is 21.5 Å². The van der Waals surface area contributed by atoms with Gasteiger partial charge in [-0.15, -0.1) is 0 Å². The third kappa shape index (κ3) is 5.56. The highest BCUT2D eigenvalue weighted by atomic mass is 31.1. The Morgan fingerprint density at radius 3 is 1.86 bits per heavy atom. The number of amides is 1. The molecular formula is C31H26N3OP. The fraction of sp³-hybridized carbons (Fsp3) is 0.0645. The molecule has 36 heavy (non-hydrogen) atoms. The fourth-order valence-corrected chi connectivity index (χ4v) is 6.33. The molecule has 0 bridgehead atoms. The number of aromatic nitrogens is 2. The zero-order valence-electron chi connectivity index (χ0n) is 20.0. The zero-order valence-corrected chi connectivity index (χ0v) is 20.9. The average molecular weight is 488 g/mol. The maximum Gasteiger partial charge on any atom is 0.251 e. The number of benzene rings is 3. The van der Waals surface area contributed by atoms with Crippen molar-refractivity contribution in [2.45, 2.75) is 13.5 Å². The highest BCUT2D eigenvalue weighted by Crippen LogP contribution is 2.32. The molecule has 0 spiro atoms. The van der Waals surface area contributed by atoms with Crippen molar-refractivity contribution in [1.82, 2.24) is 15.3 Å². The van der Waals surface area contributed by atoms with Crippen LogP contribution in [0.5, 0.6) is 0 Å². The molecule has 0 aliphatic rings. The van der Waals surface area contributed by atoms with Gasteiger partial charge in [-0.1, -0.05) is 72.8 Å². The Labute approximate surface area is 212 Å². The third-order valence-corrected chi connectivity index (χ3v) is 8.32. The molecule has 0 unspecified atom stereocenters. The number of carbonyl (C=O) groups is 1. The van der Waals surface area contributed by atoms with Crippen LogP contribution >= 0.6 is 7.92 Å². The zero-order chi connectivity index (χ0) is 24.7. The van der Waals surface area contributed by atoms with Gasteiger partial charge in [0.25, 0.3) is 5.91 Å². The predicted molar refractivity (Wildman–Crippen MR) is 149 cm³/mol. The second-order valence-electron chi connectivity index (χ2n) is 8.50. The molecule has 0 aliphatic heterocycles. The van der Waals surface area contributed by atoms with Crippen LogP contribution in [-0.4, -0.2) is 15.9 Å². The minimum absolute atomic E-state index is 0.0997. The van der Waals surface area contributed by atoms with E-state index in [1.165, 1.54) is 15.9 Å². The van der Waals surface area contributed by atoms with Crippen LogP contribution in [0.15, 0.2) is 122 Å². The number of rotatable bonds is 7. The Morgan fingerprint density at radius 2 is 1.25 bits per heavy atom. The molecule has 0 saturated carbocycles. The summed E-state index contributed by atoms with van der Waals surface area (Å²) >= 11 is 0. The number of carbonyl (C=O) groups excluding carboxylic acids is 1. The average Bonchev–Trinajstić information content (AvgIpc) is 2.94. The molecule has 1 amide bonds. The van der Waals surface area contributed by atoms with Crippen LogP contribution in [0.4, 0.5) is 0 Å². The highest BCUT2D eigenvalue weighted by Gasteiger charge is 2.16. The van der Waals surface area contributed by atoms with E-state index in [4.69, 9.17) is 0 Å². The van der Waals surface area contributed by atoms with Gasteiger partial charge in [0, 0.05) is 24.5 Å². The van der Waals surface area contributed by atoms with Crippen LogP contribution in [0.25, 0.3) is 11.4 Å². The summed E-state index contributed by atoms with van der Waals surface area (Å²) in [6.07, 6.45) is 3.54. The minimum Gasteiger partial charge on any atom is -0.348 e. The molecule has 0 atom stereocenters. The van der Waals surface area contributed by atoms with Crippen molar-refractivity contribution in [3.63, 3.8) is 0 Å². The molecule has 2 aromatic heterocycles. The third-order valence-electron chi connectivity index (χ3n) is 5.87. The lowest BCUT2D eigenvalue weighted by Gasteiger charge is -2.19. The van der Waals surface area contributed by atoms with Gasteiger partial charge in [-0.3, -0.25) is 14.8 Å². The summed E-state index contributed by atoms with van der Waals surface area (Å²) in [5.41, 5.74) is 4.37. The standard InChI is InChI=1S/C31H26N3OP/c1-23-16-18-32-29(20-23)30-21-24(17-19-33-30)22-34-31(35)25-12-14-28(15-13-25)36(26-8-4-2-5-9-26)27-10-6-3-7-11-27/h2-21H,22H2,1H3,(H,34,35). The van der Waals surface area contributed by atoms with E-state index in [1.54, 1.807) is 12.4 Å². The summed E-state index contributed by atoms with van der Waals surface area (Å²) in [6, 6.07) is 36.9. The number of nitrogens with one attached hydrogen (secondary N) is 1. The van der Waals surface area contributed by atoms with E-state index in [9.17, 15) is 4.79 Å². The van der Waals surface area contributed by atoms with Crippen molar-refractivity contribution in [2.75, 3.05) is 0 Å². The maximum absolute atomic E-state index is 12.9. The summed E-state index contributed by atoms with van der Waals surface area (Å²) in [5, 5.41) is 6.82. The molecule has 5 rings (SSSR count). The van der Waals surface area contributed by atoms with E-state index in [0.717, 1.165) is 22.5 Å². The summed E-state index contributed by atoms with van der Waals surface area (Å²) in [4.78, 5) is 21.8. The largest absolute Gasteiger partial charge is 0.348 e. The van der Waals surface area contributed by atoms with Crippen molar-refractivity contribution < 1.29 is 4.79 Å². The molecule has 176 valence electrons. The normalized spacial score (nSPS) is 10.8. The maximum atomic E-state index is 12.9. The molecule has 3 aromatic carbocycles. The number of nitrogens with zero attached hydrogens (tertiary/aromatic N) is 2. The Kier molecular flexibility index (Phi) is 7.25. The topological polar surface area (TPSA) is 54.9 Å². The van der Waals surface area contributed by atoms with E-state index in [-0.39, 0.29) is 5.91 Å². The van der Waals surface area contributed by atoms with Gasteiger partial charge in [0.1, 0.15) is 0 Å². The molecule has 4 nitrogen and oxygen atoms in total. The highest BCUT2D eigenvalue weighted by molar-refractivity contribution is 7.79. The van der Waals surface area contributed by atoms with Gasteiger partial charge < -0.3 is 5.32 Å². The van der Waals surface area contributed by atoms with Gasteiger partial charge in [0.05, 0.1) is 11.4 Å². The lowest BCUT2D eigenvalue weighted by Crippen LogP contribution is -2.24. The van der Waals surface area contributed by atoms with Gasteiger partial charge in [-0.25, -0.2) is 0 Å². The van der Waals surface area contributed by atoms with E-state index in [2.05, 4.69) is 75.9 Å². The molecule has 2 heterocycles. The number of pyridine rings is 2. The molecule has 0 radical (unpaired) electrons. The quantitative estimate of drug-likeness (QED) is 0.324. The Bertz CT molecular complexity index is 1420. The first-order chi connectivity index (χ1) is 17.7. The van der Waals surface area contributed by atoms with E-state index in [1.807, 2.05) is 55.5 Å². The number of hydrogen-bond acceptors (Lipinski definition) is 3. The molecule has 5 heteroatoms. The van der Waals surface area contributed by atoms with Crippen molar-refractivity contribution in [3.8, 4) is 11.4 Å². The number of hydrogen-bond donors (Lipinski definition) is 1. The first-order valence-electron chi connectivity index (χ1n) is 11.8. The monoisotopic (exact) mass is 487 g/mol. The van der Waals surface area contributed by atoms with Gasteiger partial charge in [-0.05, 0) is 78.3 Å². The SMILES string of the molecule is Cc1ccnc(-c2cc(CNC(=O)c3ccc(P(c4ccccc4)c4ccccc4)cc3)ccn2)c1. The summed E-state index contributed by atoms with van der Waals surface area (Å²) in [6.45, 7) is 2.45. The summed E-state index contributed by atoms with van der Waals surface area (Å²) in [7, 11) is -0.695. The Hall–Kier alpha value is -4.14. The smallest absolute Gasteiger partial charge is 0.251 e. The van der Waals surface area contributed by atoms with Crippen LogP contribution in [0.3, 0.4) is 0 Å². The predicted octanol–water partition coefficient (Wildman–Crippen LogP) is 5.14. The Morgan fingerprint density at radius 1 is 0.694 bits per heavy atom. The van der Waals surface area contributed by atoms with E-state index < -0.39 is 7.92 Å². The first-order valence-corrected chi connectivity index (χ1v) is 13.2. The molecule has 5 aromatic rings. The first kappa shape index (κ1) is 23.6. The lowest BCUT2D eigenvalue weighted by molar-refractivity contribution is 0.0951. The van der Waals surface area contributed by atoms with Crippen LogP contribution in [0.2, 0.25) is 0 Å². The molecule has 0 saturated heterocycles. The van der Waals surface area contributed by atoms with Gasteiger partial charge in [-0.2, -0.15) is 0 Å². The Balaban J connectivity index is 1.31. The molecule has 0 aliphatic carbocycles. The second-order valence-corrected chi connectivity index (χ2v) is 10.7. The second kappa shape index (κ2) is 11.1. The molecule has 1 N–H and O–H groups in total. The van der Waals surface area contributed by atoms with Gasteiger partial charge >= 0.3 is 0 Å². The van der Waals surface area contributed by atoms with Crippen molar-refractivity contribution >= 4 is 29.7 Å². The lowest BCUT2D eigenvalue weighted by atomic mass is 10.1. The summed E-state index contributed by atoms with van der Waals surface area (Å²) in [5.74, 6) is -0.0997. The van der Waals surface area contributed by atoms with E-state index >= 15 is 0 Å². The van der Waals surface area contributed by atoms with Crippen LogP contribution in [0, 0.1) is 6.92 Å². The molecular weight excluding hydrogens is 461 g/mol.